The molecule has 0 aliphatic heterocycles. The molecular formula is C24H34O5. The number of carbonyl (C=O) groups is 3. The van der Waals surface area contributed by atoms with E-state index in [-0.39, 0.29) is 46.3 Å². The third-order valence-electron chi connectivity index (χ3n) is 9.05. The zero-order valence-electron chi connectivity index (χ0n) is 18.2. The van der Waals surface area contributed by atoms with Crippen LogP contribution >= 0.6 is 0 Å². The number of ketones is 1. The Bertz CT molecular complexity index is 771. The second-order valence-electron chi connectivity index (χ2n) is 10.6. The maximum Gasteiger partial charge on any atom is 0.302 e. The van der Waals surface area contributed by atoms with E-state index in [1.807, 2.05) is 0 Å². The highest BCUT2D eigenvalue weighted by Gasteiger charge is 2.71. The lowest BCUT2D eigenvalue weighted by Crippen LogP contribution is -2.64. The number of hydrogen-bond donors (Lipinski definition) is 0. The van der Waals surface area contributed by atoms with Crippen LogP contribution in [0.5, 0.6) is 0 Å². The molecule has 4 fully saturated rings. The number of carbonyl (C=O) groups excluding carboxylic acids is 3. The number of rotatable bonds is 3. The van der Waals surface area contributed by atoms with Gasteiger partial charge in [-0.3, -0.25) is 14.4 Å². The first-order chi connectivity index (χ1) is 13.5. The number of Topliss-reactive ketones (excluding diaryl/α,β-unsaturated/α-hetero) is 1. The molecular weight excluding hydrogens is 368 g/mol. The van der Waals surface area contributed by atoms with Gasteiger partial charge in [0.1, 0.15) is 6.10 Å². The van der Waals surface area contributed by atoms with Gasteiger partial charge in [0.25, 0.3) is 0 Å². The third kappa shape index (κ3) is 2.83. The van der Waals surface area contributed by atoms with Gasteiger partial charge in [0.15, 0.2) is 5.78 Å². The summed E-state index contributed by atoms with van der Waals surface area (Å²) in [6.07, 6.45) is 6.11. The van der Waals surface area contributed by atoms with Crippen LogP contribution in [0.2, 0.25) is 0 Å². The minimum absolute atomic E-state index is 0.0327. The molecule has 7 unspecified atom stereocenters. The zero-order chi connectivity index (χ0) is 21.2. The van der Waals surface area contributed by atoms with Crippen molar-refractivity contribution in [3.63, 3.8) is 0 Å². The van der Waals surface area contributed by atoms with E-state index in [4.69, 9.17) is 9.47 Å². The van der Waals surface area contributed by atoms with Crippen LogP contribution in [0.25, 0.3) is 0 Å². The lowest BCUT2D eigenvalue weighted by Gasteiger charge is -2.65. The highest BCUT2D eigenvalue weighted by molar-refractivity contribution is 6.03. The van der Waals surface area contributed by atoms with Crippen LogP contribution in [0.15, 0.2) is 12.2 Å². The van der Waals surface area contributed by atoms with Gasteiger partial charge in [-0.2, -0.15) is 0 Å². The van der Waals surface area contributed by atoms with Gasteiger partial charge in [0.05, 0.1) is 12.0 Å². The molecule has 29 heavy (non-hydrogen) atoms. The first-order valence-electron chi connectivity index (χ1n) is 11.1. The number of fused-ring (bicyclic) bond motifs is 3. The quantitative estimate of drug-likeness (QED) is 0.522. The van der Waals surface area contributed by atoms with Crippen molar-refractivity contribution in [3.05, 3.63) is 12.2 Å². The normalized spacial score (nSPS) is 45.9. The molecule has 1 spiro atoms. The van der Waals surface area contributed by atoms with Gasteiger partial charge in [0.2, 0.25) is 0 Å². The van der Waals surface area contributed by atoms with Gasteiger partial charge in [-0.05, 0) is 67.3 Å². The van der Waals surface area contributed by atoms with Crippen LogP contribution in [0.1, 0.15) is 72.6 Å². The predicted molar refractivity (Wildman–Crippen MR) is 108 cm³/mol. The van der Waals surface area contributed by atoms with Crippen LogP contribution in [0.4, 0.5) is 0 Å². The van der Waals surface area contributed by atoms with Crippen molar-refractivity contribution in [3.8, 4) is 0 Å². The van der Waals surface area contributed by atoms with Crippen LogP contribution in [-0.4, -0.2) is 30.4 Å². The zero-order valence-corrected chi connectivity index (χ0v) is 18.2. The van der Waals surface area contributed by atoms with E-state index in [0.717, 1.165) is 44.1 Å². The number of allylic oxidation sites excluding steroid dienone is 1. The van der Waals surface area contributed by atoms with Crippen LogP contribution in [0.3, 0.4) is 0 Å². The van der Waals surface area contributed by atoms with Crippen molar-refractivity contribution in [2.75, 3.05) is 6.61 Å². The fourth-order valence-corrected chi connectivity index (χ4v) is 7.94. The second kappa shape index (κ2) is 6.68. The fraction of sp³-hybridized carbons (Fsp3) is 0.792. The van der Waals surface area contributed by atoms with Crippen LogP contribution < -0.4 is 0 Å². The molecule has 7 atom stereocenters. The largest absolute Gasteiger partial charge is 0.465 e. The monoisotopic (exact) mass is 402 g/mol. The molecule has 0 heterocycles. The lowest BCUT2D eigenvalue weighted by molar-refractivity contribution is -0.217. The van der Waals surface area contributed by atoms with E-state index < -0.39 is 11.5 Å². The smallest absolute Gasteiger partial charge is 0.302 e. The van der Waals surface area contributed by atoms with E-state index >= 15 is 0 Å². The first-order valence-corrected chi connectivity index (χ1v) is 11.1. The highest BCUT2D eigenvalue weighted by Crippen LogP contribution is 2.71. The molecule has 0 aromatic carbocycles. The average molecular weight is 403 g/mol. The standard InChI is InChI=1S/C24H34O5/c1-14-17-7-8-18-23(5)10-6-9-22(4,13-28-15(2)25)19(23)11-20(29-16(3)26)24(18,12-17)21(14)27/h17-20H,1,6-13H2,2-5H3. The summed E-state index contributed by atoms with van der Waals surface area (Å²) in [5.74, 6) is 0.206. The van der Waals surface area contributed by atoms with Crippen LogP contribution in [0, 0.1) is 34.0 Å². The summed E-state index contributed by atoms with van der Waals surface area (Å²) in [6.45, 7) is 12.0. The lowest BCUT2D eigenvalue weighted by atomic mass is 9.40. The van der Waals surface area contributed by atoms with Crippen molar-refractivity contribution in [2.45, 2.75) is 78.7 Å². The first kappa shape index (κ1) is 20.6. The SMILES string of the molecule is C=C1C(=O)C23CC1CCC2C1(C)CCCC(C)(COC(C)=O)C1CC3OC(C)=O. The van der Waals surface area contributed by atoms with Crippen molar-refractivity contribution in [1.82, 2.24) is 0 Å². The Labute approximate surface area is 173 Å². The summed E-state index contributed by atoms with van der Waals surface area (Å²) in [5.41, 5.74) is -0.0787. The number of hydrogen-bond acceptors (Lipinski definition) is 5. The maximum absolute atomic E-state index is 13.6. The molecule has 4 aliphatic rings. The molecule has 5 heteroatoms. The van der Waals surface area contributed by atoms with Gasteiger partial charge in [-0.1, -0.05) is 26.8 Å². The summed E-state index contributed by atoms with van der Waals surface area (Å²) in [4.78, 5) is 37.1. The van der Waals surface area contributed by atoms with E-state index in [1.165, 1.54) is 13.8 Å². The van der Waals surface area contributed by atoms with Crippen molar-refractivity contribution in [1.29, 1.82) is 0 Å². The number of ether oxygens (including phenoxy) is 2. The molecule has 2 bridgehead atoms. The molecule has 0 radical (unpaired) electrons. The Morgan fingerprint density at radius 3 is 2.48 bits per heavy atom. The number of esters is 2. The molecule has 4 saturated carbocycles. The second-order valence-corrected chi connectivity index (χ2v) is 10.6. The van der Waals surface area contributed by atoms with Crippen molar-refractivity contribution >= 4 is 17.7 Å². The maximum atomic E-state index is 13.6. The summed E-state index contributed by atoms with van der Waals surface area (Å²) < 4.78 is 11.4. The van der Waals surface area contributed by atoms with E-state index in [1.54, 1.807) is 0 Å². The molecule has 5 nitrogen and oxygen atoms in total. The minimum Gasteiger partial charge on any atom is -0.465 e. The van der Waals surface area contributed by atoms with Gasteiger partial charge < -0.3 is 9.47 Å². The topological polar surface area (TPSA) is 69.7 Å². The van der Waals surface area contributed by atoms with Crippen LogP contribution in [-0.2, 0) is 23.9 Å². The van der Waals surface area contributed by atoms with Gasteiger partial charge >= 0.3 is 11.9 Å². The molecule has 0 aromatic rings. The fourth-order valence-electron chi connectivity index (χ4n) is 7.94. The van der Waals surface area contributed by atoms with E-state index in [0.29, 0.717) is 13.0 Å². The van der Waals surface area contributed by atoms with E-state index in [9.17, 15) is 14.4 Å². The molecule has 0 amide bonds. The summed E-state index contributed by atoms with van der Waals surface area (Å²) in [6, 6.07) is 0. The van der Waals surface area contributed by atoms with Gasteiger partial charge in [-0.25, -0.2) is 0 Å². The Hall–Kier alpha value is -1.65. The predicted octanol–water partition coefficient (Wildman–Crippen LogP) is 4.24. The molecule has 160 valence electrons. The minimum atomic E-state index is -0.614. The summed E-state index contributed by atoms with van der Waals surface area (Å²) in [5, 5.41) is 0. The Morgan fingerprint density at radius 2 is 1.83 bits per heavy atom. The Morgan fingerprint density at radius 1 is 1.10 bits per heavy atom. The molecule has 0 saturated heterocycles. The Balaban J connectivity index is 1.79. The van der Waals surface area contributed by atoms with Crippen molar-refractivity contribution < 1.29 is 23.9 Å². The highest BCUT2D eigenvalue weighted by atomic mass is 16.5. The molecule has 0 aromatic heterocycles. The van der Waals surface area contributed by atoms with E-state index in [2.05, 4.69) is 20.4 Å². The Kier molecular flexibility index (Phi) is 4.75. The summed E-state index contributed by atoms with van der Waals surface area (Å²) >= 11 is 0. The van der Waals surface area contributed by atoms with Crippen molar-refractivity contribution in [2.24, 2.45) is 34.0 Å². The third-order valence-corrected chi connectivity index (χ3v) is 9.05. The van der Waals surface area contributed by atoms with Gasteiger partial charge in [0, 0.05) is 19.3 Å². The van der Waals surface area contributed by atoms with Gasteiger partial charge in [-0.15, -0.1) is 0 Å². The average Bonchev–Trinajstić information content (AvgIpc) is 2.83. The molecule has 0 N–H and O–H groups in total. The molecule has 4 rings (SSSR count). The summed E-state index contributed by atoms with van der Waals surface area (Å²) in [7, 11) is 0. The molecule has 4 aliphatic carbocycles.